The van der Waals surface area contributed by atoms with E-state index in [1.165, 1.54) is 0 Å². The molecule has 0 saturated heterocycles. The lowest BCUT2D eigenvalue weighted by Gasteiger charge is -2.12. The summed E-state index contributed by atoms with van der Waals surface area (Å²) in [5.41, 5.74) is 2.31. The minimum atomic E-state index is -0.264. The topological polar surface area (TPSA) is 80.3 Å². The van der Waals surface area contributed by atoms with Crippen LogP contribution in [0.5, 0.6) is 11.5 Å². The van der Waals surface area contributed by atoms with Crippen molar-refractivity contribution in [2.24, 2.45) is 0 Å². The van der Waals surface area contributed by atoms with Crippen molar-refractivity contribution in [3.05, 3.63) is 83.7 Å². The number of ether oxygens (including phenoxy) is 1. The summed E-state index contributed by atoms with van der Waals surface area (Å²) in [5, 5.41) is 5.44. The molecule has 0 fully saturated rings. The first-order valence-electron chi connectivity index (χ1n) is 8.39. The third-order valence-electron chi connectivity index (χ3n) is 4.04. The van der Waals surface area contributed by atoms with Crippen molar-refractivity contribution in [1.82, 2.24) is 10.3 Å². The van der Waals surface area contributed by atoms with Gasteiger partial charge in [-0.05, 0) is 61.0 Å². The number of anilines is 1. The lowest BCUT2D eigenvalue weighted by atomic mass is 10.1. The first-order chi connectivity index (χ1) is 13.1. The summed E-state index contributed by atoms with van der Waals surface area (Å²) in [5.74, 6) is 0.772. The summed E-state index contributed by atoms with van der Waals surface area (Å²) >= 11 is 0. The van der Waals surface area contributed by atoms with Gasteiger partial charge in [-0.15, -0.1) is 0 Å². The molecule has 27 heavy (non-hydrogen) atoms. The molecule has 0 spiro atoms. The molecule has 1 heterocycles. The summed E-state index contributed by atoms with van der Waals surface area (Å²) in [4.78, 5) is 28.4. The first kappa shape index (κ1) is 18.1. The van der Waals surface area contributed by atoms with Crippen molar-refractivity contribution in [2.75, 3.05) is 12.4 Å². The van der Waals surface area contributed by atoms with Crippen LogP contribution in [0, 0.1) is 6.92 Å². The SMILES string of the molecule is CNC(=O)c1cccc(NC(=O)c2ccc(Oc3cccnc3)cc2)c1C. The standard InChI is InChI=1S/C21H19N3O3/c1-14-18(21(26)22-2)6-3-7-19(14)24-20(25)15-8-10-16(11-9-15)27-17-5-4-12-23-13-17/h3-13H,1-2H3,(H,22,26)(H,24,25). The van der Waals surface area contributed by atoms with Gasteiger partial charge in [0.2, 0.25) is 0 Å². The molecule has 6 heteroatoms. The number of nitrogens with one attached hydrogen (secondary N) is 2. The van der Waals surface area contributed by atoms with Crippen molar-refractivity contribution >= 4 is 17.5 Å². The summed E-state index contributed by atoms with van der Waals surface area (Å²) in [7, 11) is 1.57. The smallest absolute Gasteiger partial charge is 0.255 e. The van der Waals surface area contributed by atoms with Crippen molar-refractivity contribution in [3.8, 4) is 11.5 Å². The fourth-order valence-corrected chi connectivity index (χ4v) is 2.56. The Balaban J connectivity index is 1.72. The van der Waals surface area contributed by atoms with Gasteiger partial charge in [-0.1, -0.05) is 6.07 Å². The second-order valence-corrected chi connectivity index (χ2v) is 5.83. The van der Waals surface area contributed by atoms with E-state index >= 15 is 0 Å². The Morgan fingerprint density at radius 3 is 2.37 bits per heavy atom. The minimum absolute atomic E-state index is 0.194. The maximum atomic E-state index is 12.5. The van der Waals surface area contributed by atoms with Gasteiger partial charge in [0, 0.05) is 30.1 Å². The Morgan fingerprint density at radius 1 is 0.926 bits per heavy atom. The fourth-order valence-electron chi connectivity index (χ4n) is 2.56. The van der Waals surface area contributed by atoms with Crippen molar-refractivity contribution in [2.45, 2.75) is 6.92 Å². The number of carbonyl (C=O) groups excluding carboxylic acids is 2. The number of pyridine rings is 1. The van der Waals surface area contributed by atoms with Crippen LogP contribution in [0.3, 0.4) is 0 Å². The maximum Gasteiger partial charge on any atom is 0.255 e. The van der Waals surface area contributed by atoms with Gasteiger partial charge in [0.05, 0.1) is 6.20 Å². The maximum absolute atomic E-state index is 12.5. The summed E-state index contributed by atoms with van der Waals surface area (Å²) in [6, 6.07) is 15.6. The zero-order valence-corrected chi connectivity index (χ0v) is 15.0. The van der Waals surface area contributed by atoms with Crippen LogP contribution in [0.15, 0.2) is 67.0 Å². The lowest BCUT2D eigenvalue weighted by molar-refractivity contribution is 0.0960. The van der Waals surface area contributed by atoms with Gasteiger partial charge in [0.25, 0.3) is 11.8 Å². The molecule has 136 valence electrons. The quantitative estimate of drug-likeness (QED) is 0.724. The average molecular weight is 361 g/mol. The number of carbonyl (C=O) groups is 2. The number of hydrogen-bond acceptors (Lipinski definition) is 4. The Hall–Kier alpha value is -3.67. The number of benzene rings is 2. The highest BCUT2D eigenvalue weighted by Gasteiger charge is 2.13. The minimum Gasteiger partial charge on any atom is -0.456 e. The number of hydrogen-bond donors (Lipinski definition) is 2. The zero-order chi connectivity index (χ0) is 19.2. The molecule has 3 aromatic rings. The van der Waals surface area contributed by atoms with Crippen molar-refractivity contribution in [3.63, 3.8) is 0 Å². The molecule has 0 aliphatic carbocycles. The molecule has 1 aromatic heterocycles. The lowest BCUT2D eigenvalue weighted by Crippen LogP contribution is -2.20. The van der Waals surface area contributed by atoms with E-state index in [-0.39, 0.29) is 11.8 Å². The van der Waals surface area contributed by atoms with E-state index < -0.39 is 0 Å². The predicted molar refractivity (Wildman–Crippen MR) is 103 cm³/mol. The molecule has 0 radical (unpaired) electrons. The average Bonchev–Trinajstić information content (AvgIpc) is 2.70. The molecular formula is C21H19N3O3. The van der Waals surface area contributed by atoms with Gasteiger partial charge >= 0.3 is 0 Å². The molecule has 0 atom stereocenters. The molecule has 3 rings (SSSR count). The third kappa shape index (κ3) is 4.30. The van der Waals surface area contributed by atoms with E-state index in [4.69, 9.17) is 4.74 Å². The van der Waals surface area contributed by atoms with Crippen LogP contribution >= 0.6 is 0 Å². The molecule has 0 aliphatic heterocycles. The van der Waals surface area contributed by atoms with E-state index in [1.807, 2.05) is 0 Å². The van der Waals surface area contributed by atoms with E-state index in [0.717, 1.165) is 0 Å². The van der Waals surface area contributed by atoms with Gasteiger partial charge in [0.15, 0.2) is 0 Å². The number of nitrogens with zero attached hydrogens (tertiary/aromatic N) is 1. The Morgan fingerprint density at radius 2 is 1.70 bits per heavy atom. The van der Waals surface area contributed by atoms with Crippen molar-refractivity contribution in [1.29, 1.82) is 0 Å². The fraction of sp³-hybridized carbons (Fsp3) is 0.0952. The molecule has 2 amide bonds. The van der Waals surface area contributed by atoms with Gasteiger partial charge in [0.1, 0.15) is 11.5 Å². The second kappa shape index (κ2) is 8.14. The van der Waals surface area contributed by atoms with Crippen LogP contribution in [0.25, 0.3) is 0 Å². The van der Waals surface area contributed by atoms with E-state index in [1.54, 1.807) is 81.0 Å². The Labute approximate surface area is 157 Å². The highest BCUT2D eigenvalue weighted by atomic mass is 16.5. The largest absolute Gasteiger partial charge is 0.456 e. The molecular weight excluding hydrogens is 342 g/mol. The number of aromatic nitrogens is 1. The normalized spacial score (nSPS) is 10.1. The highest BCUT2D eigenvalue weighted by molar-refractivity contribution is 6.06. The van der Waals surface area contributed by atoms with Gasteiger partial charge in [-0.3, -0.25) is 14.6 Å². The first-order valence-corrected chi connectivity index (χ1v) is 8.39. The Kier molecular flexibility index (Phi) is 5.47. The van der Waals surface area contributed by atoms with Crippen LogP contribution in [-0.2, 0) is 0 Å². The summed E-state index contributed by atoms with van der Waals surface area (Å²) in [6.45, 7) is 1.80. The van der Waals surface area contributed by atoms with Crippen LogP contribution in [0.4, 0.5) is 5.69 Å². The van der Waals surface area contributed by atoms with Gasteiger partial charge < -0.3 is 15.4 Å². The molecule has 6 nitrogen and oxygen atoms in total. The zero-order valence-electron chi connectivity index (χ0n) is 15.0. The van der Waals surface area contributed by atoms with E-state index in [9.17, 15) is 9.59 Å². The molecule has 2 aromatic carbocycles. The number of rotatable bonds is 5. The molecule has 0 unspecified atom stereocenters. The molecule has 0 bridgehead atoms. The molecule has 0 aliphatic rings. The molecule has 2 N–H and O–H groups in total. The Bertz CT molecular complexity index is 954. The summed E-state index contributed by atoms with van der Waals surface area (Å²) < 4.78 is 5.67. The van der Waals surface area contributed by atoms with Gasteiger partial charge in [-0.25, -0.2) is 0 Å². The summed E-state index contributed by atoms with van der Waals surface area (Å²) in [6.07, 6.45) is 3.28. The highest BCUT2D eigenvalue weighted by Crippen LogP contribution is 2.22. The van der Waals surface area contributed by atoms with E-state index in [0.29, 0.717) is 33.9 Å². The van der Waals surface area contributed by atoms with Crippen LogP contribution < -0.4 is 15.4 Å². The van der Waals surface area contributed by atoms with Crippen LogP contribution in [-0.4, -0.2) is 23.8 Å². The van der Waals surface area contributed by atoms with Gasteiger partial charge in [-0.2, -0.15) is 0 Å². The molecule has 0 saturated carbocycles. The van der Waals surface area contributed by atoms with E-state index in [2.05, 4.69) is 15.6 Å². The van der Waals surface area contributed by atoms with Crippen molar-refractivity contribution < 1.29 is 14.3 Å². The van der Waals surface area contributed by atoms with Crippen LogP contribution in [0.1, 0.15) is 26.3 Å². The predicted octanol–water partition coefficient (Wildman–Crippen LogP) is 3.79. The third-order valence-corrected chi connectivity index (χ3v) is 4.04. The second-order valence-electron chi connectivity index (χ2n) is 5.83. The van der Waals surface area contributed by atoms with Crippen LogP contribution in [0.2, 0.25) is 0 Å². The monoisotopic (exact) mass is 361 g/mol. The number of amides is 2.